The van der Waals surface area contributed by atoms with Gasteiger partial charge in [0.2, 0.25) is 0 Å². The maximum absolute atomic E-state index is 6.34. The van der Waals surface area contributed by atoms with Gasteiger partial charge in [0.1, 0.15) is 0 Å². The van der Waals surface area contributed by atoms with Crippen molar-refractivity contribution in [2.45, 2.75) is 25.3 Å². The summed E-state index contributed by atoms with van der Waals surface area (Å²) < 4.78 is 0. The Bertz CT molecular complexity index is 455. The maximum atomic E-state index is 6.34. The van der Waals surface area contributed by atoms with Gasteiger partial charge in [0.15, 0.2) is 0 Å². The second-order valence-corrected chi connectivity index (χ2v) is 6.28. The Kier molecular flexibility index (Phi) is 3.79. The normalized spacial score (nSPS) is 24.3. The van der Waals surface area contributed by atoms with Crippen LogP contribution in [-0.4, -0.2) is 37.1 Å². The van der Waals surface area contributed by atoms with E-state index >= 15 is 0 Å². The van der Waals surface area contributed by atoms with Gasteiger partial charge in [0, 0.05) is 31.4 Å². The van der Waals surface area contributed by atoms with E-state index < -0.39 is 0 Å². The molecule has 2 aliphatic rings. The third-order valence-electron chi connectivity index (χ3n) is 4.16. The van der Waals surface area contributed by atoms with Gasteiger partial charge in [-0.15, -0.1) is 0 Å². The molecular formula is C14H19Cl2N3. The highest BCUT2D eigenvalue weighted by atomic mass is 35.5. The van der Waals surface area contributed by atoms with Crippen LogP contribution in [0.3, 0.4) is 0 Å². The van der Waals surface area contributed by atoms with E-state index in [1.165, 1.54) is 25.9 Å². The third-order valence-corrected chi connectivity index (χ3v) is 4.74. The highest BCUT2D eigenvalue weighted by molar-refractivity contribution is 6.39. The average molecular weight is 300 g/mol. The van der Waals surface area contributed by atoms with Gasteiger partial charge < -0.3 is 10.6 Å². The lowest BCUT2D eigenvalue weighted by Gasteiger charge is -2.28. The van der Waals surface area contributed by atoms with Gasteiger partial charge in [0.25, 0.3) is 0 Å². The molecule has 2 N–H and O–H groups in total. The zero-order valence-corrected chi connectivity index (χ0v) is 12.4. The van der Waals surface area contributed by atoms with Crippen molar-refractivity contribution in [3.05, 3.63) is 22.2 Å². The Labute approximate surface area is 124 Å². The van der Waals surface area contributed by atoms with Crippen LogP contribution >= 0.6 is 23.2 Å². The Morgan fingerprint density at radius 1 is 1.05 bits per heavy atom. The number of nitrogens with two attached hydrogens (primary N) is 1. The Morgan fingerprint density at radius 3 is 2.47 bits per heavy atom. The smallest absolute Gasteiger partial charge is 0.0747 e. The van der Waals surface area contributed by atoms with Crippen molar-refractivity contribution in [2.75, 3.05) is 36.8 Å². The van der Waals surface area contributed by atoms with Crippen molar-refractivity contribution in [3.63, 3.8) is 0 Å². The van der Waals surface area contributed by atoms with Gasteiger partial charge in [0.05, 0.1) is 15.7 Å². The largest absolute Gasteiger partial charge is 0.399 e. The number of anilines is 2. The van der Waals surface area contributed by atoms with Crippen molar-refractivity contribution in [1.82, 2.24) is 4.90 Å². The molecule has 1 unspecified atom stereocenters. The Hall–Kier alpha value is -0.640. The van der Waals surface area contributed by atoms with Crippen LogP contribution in [0.2, 0.25) is 10.0 Å². The molecule has 1 aromatic carbocycles. The monoisotopic (exact) mass is 299 g/mol. The molecule has 1 aromatic rings. The van der Waals surface area contributed by atoms with Crippen LogP contribution in [-0.2, 0) is 0 Å². The van der Waals surface area contributed by atoms with Gasteiger partial charge in [-0.1, -0.05) is 23.2 Å². The van der Waals surface area contributed by atoms with E-state index in [1.54, 1.807) is 12.1 Å². The fourth-order valence-corrected chi connectivity index (χ4v) is 4.04. The first kappa shape index (κ1) is 13.3. The molecule has 2 fully saturated rings. The first-order valence-corrected chi connectivity index (χ1v) is 7.64. The summed E-state index contributed by atoms with van der Waals surface area (Å²) in [5.74, 6) is 0. The lowest BCUT2D eigenvalue weighted by atomic mass is 10.2. The molecule has 2 aliphatic heterocycles. The molecule has 0 amide bonds. The summed E-state index contributed by atoms with van der Waals surface area (Å²) in [5, 5.41) is 1.33. The quantitative estimate of drug-likeness (QED) is 0.808. The minimum absolute atomic E-state index is 0.621. The number of hydrogen-bond acceptors (Lipinski definition) is 3. The summed E-state index contributed by atoms with van der Waals surface area (Å²) in [6, 6.07) is 4.23. The fourth-order valence-electron chi connectivity index (χ4n) is 3.30. The highest BCUT2D eigenvalue weighted by Gasteiger charge is 2.30. The summed E-state index contributed by atoms with van der Waals surface area (Å²) in [6.07, 6.45) is 3.75. The molecule has 104 valence electrons. The molecule has 0 aliphatic carbocycles. The van der Waals surface area contributed by atoms with Crippen molar-refractivity contribution < 1.29 is 0 Å². The summed E-state index contributed by atoms with van der Waals surface area (Å²) >= 11 is 12.7. The van der Waals surface area contributed by atoms with Crippen LogP contribution in [0.1, 0.15) is 19.3 Å². The maximum Gasteiger partial charge on any atom is 0.0747 e. The van der Waals surface area contributed by atoms with Crippen LogP contribution in [0.4, 0.5) is 11.4 Å². The molecule has 3 rings (SSSR count). The van der Waals surface area contributed by atoms with E-state index in [4.69, 9.17) is 28.9 Å². The minimum Gasteiger partial charge on any atom is -0.399 e. The van der Waals surface area contributed by atoms with E-state index in [1.807, 2.05) is 0 Å². The SMILES string of the molecule is Nc1cc(Cl)c(N2CCCN3CCCC3C2)c(Cl)c1. The van der Waals surface area contributed by atoms with E-state index in [-0.39, 0.29) is 0 Å². The number of rotatable bonds is 1. The number of benzene rings is 1. The van der Waals surface area contributed by atoms with Crippen molar-refractivity contribution in [1.29, 1.82) is 0 Å². The molecule has 19 heavy (non-hydrogen) atoms. The lowest BCUT2D eigenvalue weighted by Crippen LogP contribution is -2.36. The lowest BCUT2D eigenvalue weighted by molar-refractivity contribution is 0.273. The standard InChI is InChI=1S/C14H19Cl2N3/c15-12-7-10(17)8-13(16)14(12)19-6-2-5-18-4-1-3-11(18)9-19/h7-8,11H,1-6,9,17H2. The summed E-state index contributed by atoms with van der Waals surface area (Å²) in [4.78, 5) is 4.93. The summed E-state index contributed by atoms with van der Waals surface area (Å²) in [7, 11) is 0. The first-order valence-electron chi connectivity index (χ1n) is 6.88. The topological polar surface area (TPSA) is 32.5 Å². The molecule has 0 radical (unpaired) electrons. The molecule has 2 saturated heterocycles. The number of hydrogen-bond donors (Lipinski definition) is 1. The van der Waals surface area contributed by atoms with Crippen LogP contribution in [0, 0.1) is 0 Å². The van der Waals surface area contributed by atoms with Crippen molar-refractivity contribution in [2.24, 2.45) is 0 Å². The second-order valence-electron chi connectivity index (χ2n) is 5.46. The predicted molar refractivity (Wildman–Crippen MR) is 82.3 cm³/mol. The zero-order valence-electron chi connectivity index (χ0n) is 10.9. The van der Waals surface area contributed by atoms with Crippen molar-refractivity contribution in [3.8, 4) is 0 Å². The van der Waals surface area contributed by atoms with E-state index in [2.05, 4.69) is 9.80 Å². The molecule has 0 bridgehead atoms. The van der Waals surface area contributed by atoms with Gasteiger partial charge >= 0.3 is 0 Å². The van der Waals surface area contributed by atoms with Gasteiger partial charge in [-0.05, 0) is 37.9 Å². The number of halogens is 2. The molecule has 0 saturated carbocycles. The van der Waals surface area contributed by atoms with E-state index in [0.29, 0.717) is 21.8 Å². The Balaban J connectivity index is 1.89. The highest BCUT2D eigenvalue weighted by Crippen LogP contribution is 2.37. The zero-order chi connectivity index (χ0) is 13.4. The van der Waals surface area contributed by atoms with Crippen molar-refractivity contribution >= 4 is 34.6 Å². The predicted octanol–water partition coefficient (Wildman–Crippen LogP) is 3.25. The van der Waals surface area contributed by atoms with E-state index in [0.717, 1.165) is 25.2 Å². The molecule has 2 heterocycles. The first-order chi connectivity index (χ1) is 9.15. The van der Waals surface area contributed by atoms with Gasteiger partial charge in [-0.25, -0.2) is 0 Å². The number of fused-ring (bicyclic) bond motifs is 1. The van der Waals surface area contributed by atoms with Crippen LogP contribution in [0.5, 0.6) is 0 Å². The Morgan fingerprint density at radius 2 is 1.74 bits per heavy atom. The van der Waals surface area contributed by atoms with Gasteiger partial charge in [-0.3, -0.25) is 4.90 Å². The molecule has 1 atom stereocenters. The third kappa shape index (κ3) is 2.64. The minimum atomic E-state index is 0.621. The molecular weight excluding hydrogens is 281 g/mol. The second kappa shape index (κ2) is 5.39. The number of nitrogen functional groups attached to an aromatic ring is 1. The molecule has 0 aromatic heterocycles. The van der Waals surface area contributed by atoms with E-state index in [9.17, 15) is 0 Å². The fraction of sp³-hybridized carbons (Fsp3) is 0.571. The van der Waals surface area contributed by atoms with Crippen LogP contribution < -0.4 is 10.6 Å². The van der Waals surface area contributed by atoms with Crippen LogP contribution in [0.25, 0.3) is 0 Å². The average Bonchev–Trinajstić information content (AvgIpc) is 2.67. The molecule has 5 heteroatoms. The molecule has 3 nitrogen and oxygen atoms in total. The number of nitrogens with zero attached hydrogens (tertiary/aromatic N) is 2. The van der Waals surface area contributed by atoms with Crippen LogP contribution in [0.15, 0.2) is 12.1 Å². The van der Waals surface area contributed by atoms with Gasteiger partial charge in [-0.2, -0.15) is 0 Å². The summed E-state index contributed by atoms with van der Waals surface area (Å²) in [6.45, 7) is 4.45. The summed E-state index contributed by atoms with van der Waals surface area (Å²) in [5.41, 5.74) is 7.35. The molecule has 0 spiro atoms.